The molecule has 0 spiro atoms. The van der Waals surface area contributed by atoms with Crippen LogP contribution in [0.4, 0.5) is 15.0 Å². The minimum atomic E-state index is -3.53. The maximum atomic E-state index is 14.6. The molecule has 2 heterocycles. The molecule has 0 atom stereocenters. The average Bonchev–Trinajstić information content (AvgIpc) is 3.65. The molecule has 2 aliphatic rings. The van der Waals surface area contributed by atoms with Crippen molar-refractivity contribution in [3.8, 4) is 11.6 Å². The lowest BCUT2D eigenvalue weighted by Gasteiger charge is -2.34. The van der Waals surface area contributed by atoms with Crippen LogP contribution in [0.2, 0.25) is 0 Å². The van der Waals surface area contributed by atoms with Crippen molar-refractivity contribution in [3.05, 3.63) is 35.9 Å². The SMILES string of the molecule is Cc1c(Oc2ccc(S(C)(=O)=O)cc2F)ncnc1N(CC1CCN(OC(=O)OC(C)C)CC1)C1CC1. The van der Waals surface area contributed by atoms with Crippen molar-refractivity contribution in [3.63, 3.8) is 0 Å². The molecule has 1 saturated heterocycles. The van der Waals surface area contributed by atoms with Crippen LogP contribution in [-0.2, 0) is 19.4 Å². The van der Waals surface area contributed by atoms with Gasteiger partial charge in [0.1, 0.15) is 12.1 Å². The molecular weight excluding hydrogens is 503 g/mol. The van der Waals surface area contributed by atoms with E-state index in [9.17, 15) is 17.6 Å². The molecule has 37 heavy (non-hydrogen) atoms. The van der Waals surface area contributed by atoms with Gasteiger partial charge in [0.05, 0.1) is 16.6 Å². The van der Waals surface area contributed by atoms with Gasteiger partial charge in [-0.1, -0.05) is 0 Å². The third kappa shape index (κ3) is 7.07. The van der Waals surface area contributed by atoms with Crippen LogP contribution in [0.15, 0.2) is 29.4 Å². The molecule has 12 heteroatoms. The summed E-state index contributed by atoms with van der Waals surface area (Å²) in [6.45, 7) is 7.41. The molecule has 1 aliphatic carbocycles. The number of rotatable bonds is 9. The van der Waals surface area contributed by atoms with Gasteiger partial charge in [-0.3, -0.25) is 0 Å². The molecule has 10 nitrogen and oxygen atoms in total. The quantitative estimate of drug-likeness (QED) is 0.431. The predicted molar refractivity (Wildman–Crippen MR) is 134 cm³/mol. The Balaban J connectivity index is 1.43. The van der Waals surface area contributed by atoms with Gasteiger partial charge >= 0.3 is 6.16 Å². The van der Waals surface area contributed by atoms with Crippen molar-refractivity contribution >= 4 is 21.8 Å². The van der Waals surface area contributed by atoms with Gasteiger partial charge in [0, 0.05) is 31.9 Å². The van der Waals surface area contributed by atoms with E-state index >= 15 is 0 Å². The third-order valence-electron chi connectivity index (χ3n) is 6.37. The predicted octanol–water partition coefficient (Wildman–Crippen LogP) is 4.28. The topological polar surface area (TPSA) is 111 Å². The second kappa shape index (κ2) is 11.2. The molecule has 1 aromatic heterocycles. The summed E-state index contributed by atoms with van der Waals surface area (Å²) in [4.78, 5) is 27.9. The highest BCUT2D eigenvalue weighted by atomic mass is 32.2. The molecule has 0 bridgehead atoms. The lowest BCUT2D eigenvalue weighted by molar-refractivity contribution is -0.146. The smallest absolute Gasteiger partial charge is 0.435 e. The molecule has 2 fully saturated rings. The van der Waals surface area contributed by atoms with Gasteiger partial charge in [-0.2, -0.15) is 0 Å². The zero-order chi connectivity index (χ0) is 26.7. The Kier molecular flexibility index (Phi) is 8.17. The minimum absolute atomic E-state index is 0.110. The van der Waals surface area contributed by atoms with Crippen molar-refractivity contribution in [1.29, 1.82) is 0 Å². The Labute approximate surface area is 216 Å². The summed E-state index contributed by atoms with van der Waals surface area (Å²) in [7, 11) is -3.53. The van der Waals surface area contributed by atoms with E-state index < -0.39 is 21.8 Å². The van der Waals surface area contributed by atoms with E-state index in [2.05, 4.69) is 14.9 Å². The van der Waals surface area contributed by atoms with Gasteiger partial charge in [0.15, 0.2) is 21.4 Å². The molecule has 1 aromatic carbocycles. The minimum Gasteiger partial charge on any atom is -0.435 e. The summed E-state index contributed by atoms with van der Waals surface area (Å²) in [6.07, 6.45) is 5.33. The molecule has 202 valence electrons. The summed E-state index contributed by atoms with van der Waals surface area (Å²) >= 11 is 0. The van der Waals surface area contributed by atoms with Crippen LogP contribution in [0.25, 0.3) is 0 Å². The Hall–Kier alpha value is -2.99. The number of hydrogen-bond donors (Lipinski definition) is 0. The van der Waals surface area contributed by atoms with Gasteiger partial charge in [-0.05, 0) is 70.6 Å². The molecule has 0 amide bonds. The van der Waals surface area contributed by atoms with Gasteiger partial charge in [0.2, 0.25) is 5.88 Å². The summed E-state index contributed by atoms with van der Waals surface area (Å²) in [5.41, 5.74) is 0.679. The van der Waals surface area contributed by atoms with Crippen LogP contribution in [-0.4, -0.2) is 67.6 Å². The highest BCUT2D eigenvalue weighted by molar-refractivity contribution is 7.90. The fraction of sp³-hybridized carbons (Fsp3) is 0.560. The van der Waals surface area contributed by atoms with Crippen molar-refractivity contribution in [2.45, 2.75) is 63.5 Å². The zero-order valence-electron chi connectivity index (χ0n) is 21.5. The average molecular weight is 537 g/mol. The maximum Gasteiger partial charge on any atom is 0.528 e. The third-order valence-corrected chi connectivity index (χ3v) is 7.48. The van der Waals surface area contributed by atoms with Crippen molar-refractivity contribution < 1.29 is 31.9 Å². The van der Waals surface area contributed by atoms with Crippen molar-refractivity contribution in [2.24, 2.45) is 5.92 Å². The molecule has 2 aromatic rings. The fourth-order valence-electron chi connectivity index (χ4n) is 4.29. The number of halogens is 1. The van der Waals surface area contributed by atoms with Gasteiger partial charge in [-0.25, -0.2) is 27.6 Å². The number of carbonyl (C=O) groups excluding carboxylic acids is 1. The lowest BCUT2D eigenvalue weighted by atomic mass is 9.97. The number of ether oxygens (including phenoxy) is 2. The van der Waals surface area contributed by atoms with Gasteiger partial charge in [-0.15, -0.1) is 5.06 Å². The number of nitrogens with zero attached hydrogens (tertiary/aromatic N) is 4. The van der Waals surface area contributed by atoms with Crippen LogP contribution in [0, 0.1) is 18.7 Å². The van der Waals surface area contributed by atoms with Gasteiger partial charge in [0.25, 0.3) is 0 Å². The van der Waals surface area contributed by atoms with Crippen molar-refractivity contribution in [1.82, 2.24) is 15.0 Å². The summed E-state index contributed by atoms with van der Waals surface area (Å²) in [6, 6.07) is 3.90. The largest absolute Gasteiger partial charge is 0.528 e. The molecular formula is C25H33FN4O6S. The van der Waals surface area contributed by atoms with E-state index in [1.807, 2.05) is 6.92 Å². The van der Waals surface area contributed by atoms with Crippen LogP contribution >= 0.6 is 0 Å². The molecule has 0 radical (unpaired) electrons. The van der Waals surface area contributed by atoms with E-state index in [0.717, 1.165) is 50.4 Å². The number of piperidine rings is 1. The Morgan fingerprint density at radius 2 is 1.89 bits per heavy atom. The molecule has 1 aliphatic heterocycles. The Bertz CT molecular complexity index is 1230. The van der Waals surface area contributed by atoms with Crippen LogP contribution in [0.3, 0.4) is 0 Å². The highest BCUT2D eigenvalue weighted by Gasteiger charge is 2.34. The van der Waals surface area contributed by atoms with E-state index in [1.54, 1.807) is 18.9 Å². The monoisotopic (exact) mass is 536 g/mol. The van der Waals surface area contributed by atoms with Crippen LogP contribution in [0.1, 0.15) is 45.1 Å². The summed E-state index contributed by atoms with van der Waals surface area (Å²) in [5.74, 6) is 0.434. The number of anilines is 1. The lowest BCUT2D eigenvalue weighted by Crippen LogP contribution is -2.41. The Morgan fingerprint density at radius 3 is 2.49 bits per heavy atom. The molecule has 1 saturated carbocycles. The second-order valence-corrected chi connectivity index (χ2v) is 11.9. The second-order valence-electron chi connectivity index (χ2n) is 9.86. The molecule has 4 rings (SSSR count). The first-order valence-corrected chi connectivity index (χ1v) is 14.3. The first kappa shape index (κ1) is 27.1. The Morgan fingerprint density at radius 1 is 1.19 bits per heavy atom. The highest BCUT2D eigenvalue weighted by Crippen LogP contribution is 2.37. The first-order chi connectivity index (χ1) is 17.5. The first-order valence-electron chi connectivity index (χ1n) is 12.4. The summed E-state index contributed by atoms with van der Waals surface area (Å²) < 4.78 is 48.8. The van der Waals surface area contributed by atoms with E-state index in [1.165, 1.54) is 18.5 Å². The van der Waals surface area contributed by atoms with Crippen LogP contribution < -0.4 is 9.64 Å². The van der Waals surface area contributed by atoms with E-state index in [-0.39, 0.29) is 22.6 Å². The summed E-state index contributed by atoms with van der Waals surface area (Å²) in [5, 5.41) is 1.65. The van der Waals surface area contributed by atoms with Crippen molar-refractivity contribution in [2.75, 3.05) is 30.8 Å². The van der Waals surface area contributed by atoms with E-state index in [4.69, 9.17) is 14.3 Å². The number of hydroxylamine groups is 2. The molecule has 0 unspecified atom stereocenters. The van der Waals surface area contributed by atoms with Gasteiger partial charge < -0.3 is 19.2 Å². The number of carbonyl (C=O) groups is 1. The number of aromatic nitrogens is 2. The zero-order valence-corrected chi connectivity index (χ0v) is 22.3. The number of hydrogen-bond acceptors (Lipinski definition) is 10. The maximum absolute atomic E-state index is 14.6. The van der Waals surface area contributed by atoms with Crippen LogP contribution in [0.5, 0.6) is 11.6 Å². The molecule has 0 N–H and O–H groups in total. The van der Waals surface area contributed by atoms with E-state index in [0.29, 0.717) is 30.6 Å². The number of sulfone groups is 1. The number of benzene rings is 1. The standard InChI is InChI=1S/C25H33FN4O6S/c1-16(2)34-25(31)36-29-11-9-18(10-12-29)14-30(19-5-6-19)23-17(3)24(28-15-27-23)35-22-8-7-20(13-21(22)26)37(4,32)33/h7-8,13,15-16,18-19H,5-6,9-12,14H2,1-4H3. The normalized spacial score (nSPS) is 17.0. The fourth-order valence-corrected chi connectivity index (χ4v) is 4.93.